The molecule has 0 aliphatic carbocycles. The largest absolute Gasteiger partial charge is 0.478 e. The minimum absolute atomic E-state index is 0.221. The van der Waals surface area contributed by atoms with Crippen molar-refractivity contribution in [2.24, 2.45) is 0 Å². The van der Waals surface area contributed by atoms with Crippen molar-refractivity contribution in [3.05, 3.63) is 29.6 Å². The third-order valence-corrected chi connectivity index (χ3v) is 3.39. The highest BCUT2D eigenvalue weighted by Crippen LogP contribution is 2.19. The summed E-state index contributed by atoms with van der Waals surface area (Å²) in [6.07, 6.45) is 2.68. The normalized spacial score (nSPS) is 23.5. The molecule has 2 unspecified atom stereocenters. The minimum atomic E-state index is -0.944. The molecule has 18 heavy (non-hydrogen) atoms. The first-order valence-electron chi connectivity index (χ1n) is 6.08. The molecule has 2 rings (SSSR count). The van der Waals surface area contributed by atoms with Crippen molar-refractivity contribution in [3.8, 4) is 0 Å². The topological polar surface area (TPSA) is 62.7 Å². The van der Waals surface area contributed by atoms with Gasteiger partial charge in [-0.05, 0) is 32.5 Å². The first-order chi connectivity index (χ1) is 8.58. The maximum Gasteiger partial charge on any atom is 0.337 e. The average Bonchev–Trinajstić information content (AvgIpc) is 2.76. The third-order valence-electron chi connectivity index (χ3n) is 3.39. The van der Waals surface area contributed by atoms with Crippen LogP contribution in [0.3, 0.4) is 0 Å². The molecule has 2 heterocycles. The summed E-state index contributed by atoms with van der Waals surface area (Å²) in [4.78, 5) is 17.1. The Morgan fingerprint density at radius 1 is 1.61 bits per heavy atom. The summed E-state index contributed by atoms with van der Waals surface area (Å²) in [7, 11) is 2.04. The molecule has 1 fully saturated rings. The predicted molar refractivity (Wildman–Crippen MR) is 66.5 cm³/mol. The number of carbonyl (C=O) groups is 1. The average molecular weight is 250 g/mol. The van der Waals surface area contributed by atoms with Gasteiger partial charge in [0.05, 0.1) is 17.4 Å². The zero-order chi connectivity index (χ0) is 13.1. The van der Waals surface area contributed by atoms with Crippen LogP contribution in [0, 0.1) is 0 Å². The molecular weight excluding hydrogens is 232 g/mol. The fourth-order valence-corrected chi connectivity index (χ4v) is 2.32. The summed E-state index contributed by atoms with van der Waals surface area (Å²) in [5, 5.41) is 8.80. The predicted octanol–water partition coefficient (Wildman–Crippen LogP) is 1.39. The highest BCUT2D eigenvalue weighted by atomic mass is 16.5. The van der Waals surface area contributed by atoms with Crippen LogP contribution in [-0.2, 0) is 11.3 Å². The third kappa shape index (κ3) is 2.86. The van der Waals surface area contributed by atoms with E-state index in [0.717, 1.165) is 18.7 Å². The summed E-state index contributed by atoms with van der Waals surface area (Å²) >= 11 is 0. The van der Waals surface area contributed by atoms with Crippen molar-refractivity contribution < 1.29 is 14.6 Å². The monoisotopic (exact) mass is 250 g/mol. The van der Waals surface area contributed by atoms with E-state index in [4.69, 9.17) is 9.84 Å². The Bertz CT molecular complexity index is 419. The molecule has 0 spiro atoms. The van der Waals surface area contributed by atoms with E-state index in [1.165, 1.54) is 6.20 Å². The minimum Gasteiger partial charge on any atom is -0.478 e. The number of aromatic carboxylic acids is 1. The molecule has 1 aliphatic heterocycles. The molecule has 1 aromatic rings. The SMILES string of the molecule is CC1OCCC1N(C)Cc1ccc(C(=O)O)cn1. The molecule has 2 atom stereocenters. The lowest BCUT2D eigenvalue weighted by atomic mass is 10.1. The number of aromatic nitrogens is 1. The number of hydrogen-bond acceptors (Lipinski definition) is 4. The van der Waals surface area contributed by atoms with Gasteiger partial charge in [-0.3, -0.25) is 9.88 Å². The summed E-state index contributed by atoms with van der Waals surface area (Å²) in [5.41, 5.74) is 1.10. The molecule has 0 bridgehead atoms. The van der Waals surface area contributed by atoms with Gasteiger partial charge in [-0.1, -0.05) is 0 Å². The molecule has 1 saturated heterocycles. The van der Waals surface area contributed by atoms with Crippen molar-refractivity contribution in [2.75, 3.05) is 13.7 Å². The Kier molecular flexibility index (Phi) is 3.93. The van der Waals surface area contributed by atoms with E-state index in [2.05, 4.69) is 16.8 Å². The second-order valence-electron chi connectivity index (χ2n) is 4.69. The van der Waals surface area contributed by atoms with Gasteiger partial charge in [0.2, 0.25) is 0 Å². The van der Waals surface area contributed by atoms with E-state index in [1.807, 2.05) is 7.05 Å². The zero-order valence-electron chi connectivity index (χ0n) is 10.7. The number of rotatable bonds is 4. The summed E-state index contributed by atoms with van der Waals surface area (Å²) in [5.74, 6) is -0.944. The maximum absolute atomic E-state index is 10.7. The Morgan fingerprint density at radius 3 is 2.89 bits per heavy atom. The lowest BCUT2D eigenvalue weighted by Crippen LogP contribution is -2.36. The van der Waals surface area contributed by atoms with Gasteiger partial charge in [0.15, 0.2) is 0 Å². The molecule has 0 aromatic carbocycles. The fraction of sp³-hybridized carbons (Fsp3) is 0.538. The Hall–Kier alpha value is -1.46. The van der Waals surface area contributed by atoms with Gasteiger partial charge in [-0.2, -0.15) is 0 Å². The molecule has 0 radical (unpaired) electrons. The first kappa shape index (κ1) is 13.0. The number of ether oxygens (including phenoxy) is 1. The number of pyridine rings is 1. The van der Waals surface area contributed by atoms with Crippen LogP contribution in [0.4, 0.5) is 0 Å². The van der Waals surface area contributed by atoms with Gasteiger partial charge < -0.3 is 9.84 Å². The quantitative estimate of drug-likeness (QED) is 0.875. The number of likely N-dealkylation sites (N-methyl/N-ethyl adjacent to an activating group) is 1. The van der Waals surface area contributed by atoms with Gasteiger partial charge in [-0.25, -0.2) is 4.79 Å². The lowest BCUT2D eigenvalue weighted by molar-refractivity contribution is 0.0696. The van der Waals surface area contributed by atoms with Crippen LogP contribution in [0.25, 0.3) is 0 Å². The molecule has 5 heteroatoms. The van der Waals surface area contributed by atoms with Gasteiger partial charge in [0, 0.05) is 25.4 Å². The van der Waals surface area contributed by atoms with E-state index in [9.17, 15) is 4.79 Å². The Balaban J connectivity index is 1.98. The van der Waals surface area contributed by atoms with E-state index in [0.29, 0.717) is 12.6 Å². The van der Waals surface area contributed by atoms with Crippen LogP contribution in [-0.4, -0.2) is 46.8 Å². The fourth-order valence-electron chi connectivity index (χ4n) is 2.32. The number of carboxylic acid groups (broad SMARTS) is 1. The van der Waals surface area contributed by atoms with Crippen molar-refractivity contribution >= 4 is 5.97 Å². The maximum atomic E-state index is 10.7. The van der Waals surface area contributed by atoms with Crippen LogP contribution in [0.15, 0.2) is 18.3 Å². The van der Waals surface area contributed by atoms with Gasteiger partial charge in [0.1, 0.15) is 0 Å². The van der Waals surface area contributed by atoms with Crippen LogP contribution >= 0.6 is 0 Å². The number of hydrogen-bond donors (Lipinski definition) is 1. The lowest BCUT2D eigenvalue weighted by Gasteiger charge is -2.26. The highest BCUT2D eigenvalue weighted by molar-refractivity contribution is 5.87. The molecule has 1 N–H and O–H groups in total. The molecule has 0 saturated carbocycles. The van der Waals surface area contributed by atoms with E-state index in [-0.39, 0.29) is 11.7 Å². The first-order valence-corrected chi connectivity index (χ1v) is 6.08. The van der Waals surface area contributed by atoms with E-state index < -0.39 is 5.97 Å². The zero-order valence-corrected chi connectivity index (χ0v) is 10.7. The number of nitrogens with zero attached hydrogens (tertiary/aromatic N) is 2. The molecule has 1 aromatic heterocycles. The number of carboxylic acids is 1. The van der Waals surface area contributed by atoms with E-state index in [1.54, 1.807) is 12.1 Å². The molecule has 0 amide bonds. The van der Waals surface area contributed by atoms with Crippen molar-refractivity contribution in [2.45, 2.75) is 32.0 Å². The molecule has 5 nitrogen and oxygen atoms in total. The Morgan fingerprint density at radius 2 is 2.39 bits per heavy atom. The van der Waals surface area contributed by atoms with Gasteiger partial charge >= 0.3 is 5.97 Å². The van der Waals surface area contributed by atoms with Crippen molar-refractivity contribution in [1.82, 2.24) is 9.88 Å². The van der Waals surface area contributed by atoms with Crippen LogP contribution in [0.5, 0.6) is 0 Å². The van der Waals surface area contributed by atoms with Crippen molar-refractivity contribution in [3.63, 3.8) is 0 Å². The Labute approximate surface area is 106 Å². The summed E-state index contributed by atoms with van der Waals surface area (Å²) < 4.78 is 5.54. The summed E-state index contributed by atoms with van der Waals surface area (Å²) in [6.45, 7) is 3.59. The highest BCUT2D eigenvalue weighted by Gasteiger charge is 2.27. The smallest absolute Gasteiger partial charge is 0.337 e. The van der Waals surface area contributed by atoms with E-state index >= 15 is 0 Å². The molecule has 1 aliphatic rings. The van der Waals surface area contributed by atoms with Crippen LogP contribution in [0.1, 0.15) is 29.4 Å². The molecular formula is C13H18N2O3. The second kappa shape index (κ2) is 5.46. The van der Waals surface area contributed by atoms with Gasteiger partial charge in [0.25, 0.3) is 0 Å². The standard InChI is InChI=1S/C13H18N2O3/c1-9-12(5-6-18-9)15(2)8-11-4-3-10(7-14-11)13(16)17/h3-4,7,9,12H,5-6,8H2,1-2H3,(H,16,17). The van der Waals surface area contributed by atoms with Crippen molar-refractivity contribution in [1.29, 1.82) is 0 Å². The van der Waals surface area contributed by atoms with Crippen LogP contribution < -0.4 is 0 Å². The van der Waals surface area contributed by atoms with Gasteiger partial charge in [-0.15, -0.1) is 0 Å². The molecule has 98 valence electrons. The summed E-state index contributed by atoms with van der Waals surface area (Å²) in [6, 6.07) is 3.76. The van der Waals surface area contributed by atoms with Crippen LogP contribution in [0.2, 0.25) is 0 Å². The second-order valence-corrected chi connectivity index (χ2v) is 4.69.